The first-order valence-corrected chi connectivity index (χ1v) is 10.1. The Morgan fingerprint density at radius 1 is 1.13 bits per heavy atom. The molecule has 0 aromatic heterocycles. The maximum Gasteiger partial charge on any atom is 0.217 e. The van der Waals surface area contributed by atoms with Crippen molar-refractivity contribution in [3.8, 4) is 5.75 Å². The van der Waals surface area contributed by atoms with E-state index in [1.165, 1.54) is 6.92 Å². The predicted octanol–water partition coefficient (Wildman–Crippen LogP) is 2.89. The van der Waals surface area contributed by atoms with Gasteiger partial charge in [0.2, 0.25) is 5.91 Å². The Balaban J connectivity index is 1.61. The van der Waals surface area contributed by atoms with E-state index in [-0.39, 0.29) is 18.2 Å². The van der Waals surface area contributed by atoms with Gasteiger partial charge in [-0.3, -0.25) is 14.5 Å². The van der Waals surface area contributed by atoms with Crippen LogP contribution in [0.3, 0.4) is 0 Å². The van der Waals surface area contributed by atoms with Crippen molar-refractivity contribution in [1.29, 1.82) is 0 Å². The van der Waals surface area contributed by atoms with Gasteiger partial charge in [-0.25, -0.2) is 4.39 Å². The lowest BCUT2D eigenvalue weighted by atomic mass is 10.0. The fourth-order valence-corrected chi connectivity index (χ4v) is 3.76. The maximum atomic E-state index is 15.0. The van der Waals surface area contributed by atoms with Crippen molar-refractivity contribution in [2.45, 2.75) is 25.7 Å². The zero-order valence-corrected chi connectivity index (χ0v) is 17.4. The summed E-state index contributed by atoms with van der Waals surface area (Å²) in [5, 5.41) is 2.74. The van der Waals surface area contributed by atoms with E-state index >= 15 is 0 Å². The molecule has 1 heterocycles. The molecule has 2 unspecified atom stereocenters. The van der Waals surface area contributed by atoms with Crippen molar-refractivity contribution in [3.63, 3.8) is 0 Å². The zero-order chi connectivity index (χ0) is 21.5. The van der Waals surface area contributed by atoms with Crippen molar-refractivity contribution < 1.29 is 18.7 Å². The Morgan fingerprint density at radius 2 is 1.83 bits per heavy atom. The molecule has 0 spiro atoms. The highest BCUT2D eigenvalue weighted by atomic mass is 19.1. The number of ketones is 1. The molecule has 1 saturated heterocycles. The third-order valence-corrected chi connectivity index (χ3v) is 5.29. The normalized spacial score (nSPS) is 18.0. The highest BCUT2D eigenvalue weighted by molar-refractivity contribution is 6.01. The number of para-hydroxylation sites is 2. The van der Waals surface area contributed by atoms with Gasteiger partial charge in [0.1, 0.15) is 5.75 Å². The van der Waals surface area contributed by atoms with Crippen LogP contribution >= 0.6 is 0 Å². The molecule has 6 nitrogen and oxygen atoms in total. The average Bonchev–Trinajstić information content (AvgIpc) is 2.76. The average molecular weight is 413 g/mol. The number of ether oxygens (including phenoxy) is 1. The van der Waals surface area contributed by atoms with E-state index in [2.05, 4.69) is 5.32 Å². The van der Waals surface area contributed by atoms with E-state index in [1.807, 2.05) is 35.2 Å². The SMILES string of the molecule is COc1ccccc1N1CCN(CCC(NC(C)=O)C(=O)c2ccccc2)CC1F. The van der Waals surface area contributed by atoms with Gasteiger partial charge in [-0.1, -0.05) is 42.5 Å². The smallest absolute Gasteiger partial charge is 0.217 e. The molecule has 160 valence electrons. The summed E-state index contributed by atoms with van der Waals surface area (Å²) in [4.78, 5) is 28.1. The van der Waals surface area contributed by atoms with E-state index in [1.54, 1.807) is 36.3 Å². The first kappa shape index (κ1) is 21.8. The van der Waals surface area contributed by atoms with Crippen LogP contribution in [0.25, 0.3) is 0 Å². The highest BCUT2D eigenvalue weighted by Gasteiger charge is 2.29. The van der Waals surface area contributed by atoms with Crippen molar-refractivity contribution in [2.24, 2.45) is 0 Å². The second-order valence-corrected chi connectivity index (χ2v) is 7.37. The molecule has 1 aliphatic heterocycles. The Morgan fingerprint density at radius 3 is 2.50 bits per heavy atom. The quantitative estimate of drug-likeness (QED) is 0.533. The number of hydrogen-bond acceptors (Lipinski definition) is 5. The molecule has 7 heteroatoms. The third kappa shape index (κ3) is 5.36. The van der Waals surface area contributed by atoms with Gasteiger partial charge in [-0.2, -0.15) is 0 Å². The summed E-state index contributed by atoms with van der Waals surface area (Å²) in [5.74, 6) is 0.261. The van der Waals surface area contributed by atoms with Gasteiger partial charge in [0.05, 0.1) is 18.8 Å². The lowest BCUT2D eigenvalue weighted by Gasteiger charge is -2.39. The largest absolute Gasteiger partial charge is 0.495 e. The minimum atomic E-state index is -1.18. The summed E-state index contributed by atoms with van der Waals surface area (Å²) in [5.41, 5.74) is 1.29. The number of halogens is 1. The van der Waals surface area contributed by atoms with E-state index in [4.69, 9.17) is 4.74 Å². The van der Waals surface area contributed by atoms with Gasteiger partial charge in [0.25, 0.3) is 0 Å². The molecule has 1 fully saturated rings. The second-order valence-electron chi connectivity index (χ2n) is 7.37. The molecular weight excluding hydrogens is 385 g/mol. The summed E-state index contributed by atoms with van der Waals surface area (Å²) >= 11 is 0. The predicted molar refractivity (Wildman–Crippen MR) is 115 cm³/mol. The van der Waals surface area contributed by atoms with E-state index in [0.29, 0.717) is 37.4 Å². The van der Waals surface area contributed by atoms with Gasteiger partial charge < -0.3 is 15.0 Å². The summed E-state index contributed by atoms with van der Waals surface area (Å²) in [6, 6.07) is 15.7. The van der Waals surface area contributed by atoms with Crippen LogP contribution in [0.4, 0.5) is 10.1 Å². The number of anilines is 1. The lowest BCUT2D eigenvalue weighted by Crippen LogP contribution is -2.52. The Labute approximate surface area is 176 Å². The van der Waals surface area contributed by atoms with E-state index in [0.717, 1.165) is 5.69 Å². The molecule has 0 bridgehead atoms. The fraction of sp³-hybridized carbons (Fsp3) is 0.391. The molecule has 1 N–H and O–H groups in total. The monoisotopic (exact) mass is 413 g/mol. The fourth-order valence-electron chi connectivity index (χ4n) is 3.76. The molecule has 0 radical (unpaired) electrons. The first-order chi connectivity index (χ1) is 14.5. The summed E-state index contributed by atoms with van der Waals surface area (Å²) in [6.07, 6.45) is -0.756. The molecule has 2 atom stereocenters. The molecule has 3 rings (SSSR count). The van der Waals surface area contributed by atoms with Crippen molar-refractivity contribution >= 4 is 17.4 Å². The zero-order valence-electron chi connectivity index (χ0n) is 17.4. The minimum absolute atomic E-state index is 0.129. The molecule has 1 aliphatic rings. The topological polar surface area (TPSA) is 61.9 Å². The molecule has 2 aromatic carbocycles. The van der Waals surface area contributed by atoms with Crippen LogP contribution in [-0.4, -0.2) is 62.2 Å². The van der Waals surface area contributed by atoms with Gasteiger partial charge in [0.15, 0.2) is 12.1 Å². The number of methoxy groups -OCH3 is 1. The molecule has 30 heavy (non-hydrogen) atoms. The van der Waals surface area contributed by atoms with Crippen molar-refractivity contribution in [2.75, 3.05) is 38.2 Å². The summed E-state index contributed by atoms with van der Waals surface area (Å²) in [6.45, 7) is 3.31. The number of alkyl halides is 1. The Kier molecular flexibility index (Phi) is 7.41. The lowest BCUT2D eigenvalue weighted by molar-refractivity contribution is -0.119. The van der Waals surface area contributed by atoms with E-state index < -0.39 is 12.3 Å². The number of carbonyl (C=O) groups is 2. The molecule has 1 amide bonds. The van der Waals surface area contributed by atoms with Gasteiger partial charge >= 0.3 is 0 Å². The highest BCUT2D eigenvalue weighted by Crippen LogP contribution is 2.31. The number of rotatable bonds is 8. The van der Waals surface area contributed by atoms with Gasteiger partial charge in [-0.15, -0.1) is 0 Å². The van der Waals surface area contributed by atoms with E-state index in [9.17, 15) is 14.0 Å². The van der Waals surface area contributed by atoms with Crippen LogP contribution in [0.5, 0.6) is 5.75 Å². The summed E-state index contributed by atoms with van der Waals surface area (Å²) < 4.78 is 20.3. The number of hydrogen-bond donors (Lipinski definition) is 1. The van der Waals surface area contributed by atoms with Crippen molar-refractivity contribution in [3.05, 3.63) is 60.2 Å². The minimum Gasteiger partial charge on any atom is -0.495 e. The number of Topliss-reactive ketones (excluding diaryl/α,β-unsaturated/α-hetero) is 1. The maximum absolute atomic E-state index is 15.0. The Bertz CT molecular complexity index is 862. The molecular formula is C23H28FN3O3. The molecule has 0 saturated carbocycles. The number of piperazine rings is 1. The molecule has 0 aliphatic carbocycles. The van der Waals surface area contributed by atoms with Crippen LogP contribution in [0, 0.1) is 0 Å². The van der Waals surface area contributed by atoms with Crippen LogP contribution in [0.2, 0.25) is 0 Å². The third-order valence-electron chi connectivity index (χ3n) is 5.29. The van der Waals surface area contributed by atoms with Crippen molar-refractivity contribution in [1.82, 2.24) is 10.2 Å². The van der Waals surface area contributed by atoms with Crippen LogP contribution in [-0.2, 0) is 4.79 Å². The first-order valence-electron chi connectivity index (χ1n) is 10.1. The van der Waals surface area contributed by atoms with Crippen LogP contribution < -0.4 is 15.0 Å². The number of amides is 1. The van der Waals surface area contributed by atoms with Gasteiger partial charge in [0, 0.05) is 38.7 Å². The van der Waals surface area contributed by atoms with Crippen LogP contribution in [0.1, 0.15) is 23.7 Å². The number of benzene rings is 2. The molecule has 2 aromatic rings. The number of nitrogens with zero attached hydrogens (tertiary/aromatic N) is 2. The Hall–Kier alpha value is -2.93. The van der Waals surface area contributed by atoms with Crippen LogP contribution in [0.15, 0.2) is 54.6 Å². The standard InChI is InChI=1S/C23H28FN3O3/c1-17(28)25-19(23(29)18-8-4-3-5-9-18)12-13-26-14-15-27(22(24)16-26)20-10-6-7-11-21(20)30-2/h3-11,19,22H,12-16H2,1-2H3,(H,25,28). The van der Waals surface area contributed by atoms with Gasteiger partial charge in [-0.05, 0) is 18.6 Å². The number of carbonyl (C=O) groups excluding carboxylic acids is 2. The number of nitrogens with one attached hydrogen (secondary N) is 1. The second kappa shape index (κ2) is 10.2. The summed E-state index contributed by atoms with van der Waals surface area (Å²) in [7, 11) is 1.58.